The molecule has 0 aliphatic rings. The fourth-order valence-corrected chi connectivity index (χ4v) is 2.40. The lowest BCUT2D eigenvalue weighted by molar-refractivity contribution is 0.182. The van der Waals surface area contributed by atoms with E-state index in [-0.39, 0.29) is 0 Å². The first-order chi connectivity index (χ1) is 8.23. The molecule has 0 fully saturated rings. The fraction of sp³-hybridized carbons (Fsp3) is 1.00. The quantitative estimate of drug-likeness (QED) is 0.599. The molecular weight excluding hydrogens is 210 g/mol. The summed E-state index contributed by atoms with van der Waals surface area (Å²) in [6, 6.07) is 0.696. The van der Waals surface area contributed by atoms with Crippen molar-refractivity contribution in [3.63, 3.8) is 0 Å². The molecule has 0 aliphatic carbocycles. The highest BCUT2D eigenvalue weighted by Gasteiger charge is 2.13. The Bertz CT molecular complexity index is 158. The van der Waals surface area contributed by atoms with Gasteiger partial charge in [0.1, 0.15) is 0 Å². The Hall–Kier alpha value is -0.120. The average molecular weight is 243 g/mol. The van der Waals surface area contributed by atoms with E-state index in [0.29, 0.717) is 6.04 Å². The zero-order chi connectivity index (χ0) is 13.1. The summed E-state index contributed by atoms with van der Waals surface area (Å²) in [7, 11) is 2.05. The summed E-state index contributed by atoms with van der Waals surface area (Å²) < 4.78 is 0. The van der Waals surface area contributed by atoms with Gasteiger partial charge in [0.05, 0.1) is 0 Å². The van der Waals surface area contributed by atoms with E-state index in [1.54, 1.807) is 0 Å². The van der Waals surface area contributed by atoms with Gasteiger partial charge in [0, 0.05) is 12.6 Å². The van der Waals surface area contributed by atoms with Gasteiger partial charge in [0.2, 0.25) is 0 Å². The van der Waals surface area contributed by atoms with Crippen LogP contribution in [0.15, 0.2) is 0 Å². The topological polar surface area (TPSA) is 18.5 Å². The van der Waals surface area contributed by atoms with Crippen molar-refractivity contribution in [2.45, 2.75) is 46.6 Å². The first-order valence-corrected chi connectivity index (χ1v) is 7.34. The molecule has 3 heteroatoms. The van der Waals surface area contributed by atoms with Crippen LogP contribution in [0.4, 0.5) is 0 Å². The van der Waals surface area contributed by atoms with E-state index in [4.69, 9.17) is 0 Å². The molecule has 1 atom stereocenters. The summed E-state index contributed by atoms with van der Waals surface area (Å²) in [5, 5.41) is 3.30. The van der Waals surface area contributed by atoms with Crippen molar-refractivity contribution in [1.29, 1.82) is 0 Å². The van der Waals surface area contributed by atoms with E-state index in [1.165, 1.54) is 45.6 Å². The smallest absolute Gasteiger partial charge is 0.0217 e. The molecule has 0 bridgehead atoms. The van der Waals surface area contributed by atoms with Crippen LogP contribution < -0.4 is 5.32 Å². The standard InChI is InChI=1S/C14H33N3/c1-6-14(13-15-5)17(9-4)12-10-11-16(7-2)8-3/h14-15H,6-13H2,1-5H3. The highest BCUT2D eigenvalue weighted by Crippen LogP contribution is 2.04. The molecule has 0 aromatic carbocycles. The van der Waals surface area contributed by atoms with Crippen molar-refractivity contribution < 1.29 is 0 Å². The van der Waals surface area contributed by atoms with E-state index in [9.17, 15) is 0 Å². The monoisotopic (exact) mass is 243 g/mol. The summed E-state index contributed by atoms with van der Waals surface area (Å²) in [4.78, 5) is 5.12. The van der Waals surface area contributed by atoms with E-state index in [2.05, 4.69) is 42.8 Å². The van der Waals surface area contributed by atoms with Crippen LogP contribution in [0.3, 0.4) is 0 Å². The third kappa shape index (κ3) is 7.02. The molecule has 3 nitrogen and oxygen atoms in total. The Balaban J connectivity index is 3.94. The summed E-state index contributed by atoms with van der Waals surface area (Å²) in [6.07, 6.45) is 2.52. The van der Waals surface area contributed by atoms with E-state index < -0.39 is 0 Å². The number of nitrogens with zero attached hydrogens (tertiary/aromatic N) is 2. The molecule has 0 saturated heterocycles. The van der Waals surface area contributed by atoms with Crippen molar-refractivity contribution in [1.82, 2.24) is 15.1 Å². The minimum absolute atomic E-state index is 0.696. The van der Waals surface area contributed by atoms with E-state index in [0.717, 1.165) is 6.54 Å². The maximum absolute atomic E-state index is 3.30. The molecule has 1 unspecified atom stereocenters. The maximum Gasteiger partial charge on any atom is 0.0217 e. The Morgan fingerprint density at radius 3 is 2.00 bits per heavy atom. The molecule has 0 heterocycles. The second kappa shape index (κ2) is 11.0. The lowest BCUT2D eigenvalue weighted by Crippen LogP contribution is -2.42. The first kappa shape index (κ1) is 16.9. The maximum atomic E-state index is 3.30. The van der Waals surface area contributed by atoms with Crippen molar-refractivity contribution in [2.75, 3.05) is 46.3 Å². The third-order valence-electron chi connectivity index (χ3n) is 3.65. The fourth-order valence-electron chi connectivity index (χ4n) is 2.40. The molecule has 0 spiro atoms. The summed E-state index contributed by atoms with van der Waals surface area (Å²) in [5.41, 5.74) is 0. The van der Waals surface area contributed by atoms with Crippen LogP contribution >= 0.6 is 0 Å². The summed E-state index contributed by atoms with van der Waals surface area (Å²) in [5.74, 6) is 0. The van der Waals surface area contributed by atoms with Crippen molar-refractivity contribution >= 4 is 0 Å². The molecule has 104 valence electrons. The predicted octanol–water partition coefficient (Wildman–Crippen LogP) is 2.04. The Kier molecular flexibility index (Phi) is 10.9. The van der Waals surface area contributed by atoms with Crippen LogP contribution in [0.2, 0.25) is 0 Å². The largest absolute Gasteiger partial charge is 0.318 e. The molecule has 0 aromatic rings. The van der Waals surface area contributed by atoms with Crippen molar-refractivity contribution in [3.8, 4) is 0 Å². The van der Waals surface area contributed by atoms with Gasteiger partial charge in [0.25, 0.3) is 0 Å². The number of likely N-dealkylation sites (N-methyl/N-ethyl adjacent to an activating group) is 2. The summed E-state index contributed by atoms with van der Waals surface area (Å²) >= 11 is 0. The molecule has 0 radical (unpaired) electrons. The predicted molar refractivity (Wildman–Crippen MR) is 77.7 cm³/mol. The van der Waals surface area contributed by atoms with Gasteiger partial charge in [-0.15, -0.1) is 0 Å². The molecule has 0 amide bonds. The van der Waals surface area contributed by atoms with Crippen LogP contribution in [-0.4, -0.2) is 62.2 Å². The highest BCUT2D eigenvalue weighted by atomic mass is 15.2. The minimum atomic E-state index is 0.696. The van der Waals surface area contributed by atoms with Gasteiger partial charge in [-0.3, -0.25) is 4.90 Å². The van der Waals surface area contributed by atoms with Gasteiger partial charge in [0.15, 0.2) is 0 Å². The zero-order valence-corrected chi connectivity index (χ0v) is 12.6. The van der Waals surface area contributed by atoms with E-state index >= 15 is 0 Å². The third-order valence-corrected chi connectivity index (χ3v) is 3.65. The van der Waals surface area contributed by atoms with E-state index in [1.807, 2.05) is 7.05 Å². The number of hydrogen-bond acceptors (Lipinski definition) is 3. The van der Waals surface area contributed by atoms with Gasteiger partial charge in [-0.05, 0) is 52.6 Å². The number of rotatable bonds is 11. The Morgan fingerprint density at radius 2 is 1.59 bits per heavy atom. The van der Waals surface area contributed by atoms with Crippen LogP contribution in [0.25, 0.3) is 0 Å². The van der Waals surface area contributed by atoms with Gasteiger partial charge in [-0.2, -0.15) is 0 Å². The Morgan fingerprint density at radius 1 is 0.941 bits per heavy atom. The van der Waals surface area contributed by atoms with Crippen molar-refractivity contribution in [2.24, 2.45) is 0 Å². The molecule has 0 saturated carbocycles. The molecule has 0 rings (SSSR count). The summed E-state index contributed by atoms with van der Waals surface area (Å²) in [6.45, 7) is 16.1. The lowest BCUT2D eigenvalue weighted by Gasteiger charge is -2.30. The van der Waals surface area contributed by atoms with Crippen LogP contribution in [0.5, 0.6) is 0 Å². The molecule has 17 heavy (non-hydrogen) atoms. The first-order valence-electron chi connectivity index (χ1n) is 7.34. The van der Waals surface area contributed by atoms with Crippen LogP contribution in [-0.2, 0) is 0 Å². The number of hydrogen-bond donors (Lipinski definition) is 1. The second-order valence-corrected chi connectivity index (χ2v) is 4.63. The molecule has 0 aromatic heterocycles. The van der Waals surface area contributed by atoms with Gasteiger partial charge in [-0.25, -0.2) is 0 Å². The van der Waals surface area contributed by atoms with Crippen LogP contribution in [0.1, 0.15) is 40.5 Å². The van der Waals surface area contributed by atoms with Gasteiger partial charge < -0.3 is 10.2 Å². The zero-order valence-electron chi connectivity index (χ0n) is 12.6. The normalized spacial score (nSPS) is 13.6. The minimum Gasteiger partial charge on any atom is -0.318 e. The second-order valence-electron chi connectivity index (χ2n) is 4.63. The Labute approximate surface area is 109 Å². The average Bonchev–Trinajstić information content (AvgIpc) is 2.37. The molecule has 1 N–H and O–H groups in total. The number of nitrogens with one attached hydrogen (secondary N) is 1. The van der Waals surface area contributed by atoms with Crippen LogP contribution in [0, 0.1) is 0 Å². The highest BCUT2D eigenvalue weighted by molar-refractivity contribution is 4.71. The SMILES string of the molecule is CCC(CNC)N(CC)CCCN(CC)CC. The molecule has 0 aliphatic heterocycles. The van der Waals surface area contributed by atoms with Gasteiger partial charge >= 0.3 is 0 Å². The van der Waals surface area contributed by atoms with Crippen molar-refractivity contribution in [3.05, 3.63) is 0 Å². The van der Waals surface area contributed by atoms with Gasteiger partial charge in [-0.1, -0.05) is 27.7 Å². The lowest BCUT2D eigenvalue weighted by atomic mass is 10.1. The molecular formula is C14H33N3.